The number of ether oxygens (including phenoxy) is 1. The number of nitrogens with zero attached hydrogens (tertiary/aromatic N) is 1. The molecule has 6 heteroatoms. The van der Waals surface area contributed by atoms with Crippen LogP contribution in [0, 0.1) is 3.77 Å². The van der Waals surface area contributed by atoms with Gasteiger partial charge in [-0.1, -0.05) is 0 Å². The summed E-state index contributed by atoms with van der Waals surface area (Å²) in [5.74, 6) is 1.03. The second-order valence-corrected chi connectivity index (χ2v) is 4.86. The summed E-state index contributed by atoms with van der Waals surface area (Å²) in [6, 6.07) is 10.5. The third-order valence-electron chi connectivity index (χ3n) is 2.38. The van der Waals surface area contributed by atoms with Gasteiger partial charge in [0.05, 0.1) is 12.8 Å². The van der Waals surface area contributed by atoms with Crippen LogP contribution in [0.25, 0.3) is 0 Å². The van der Waals surface area contributed by atoms with Crippen LogP contribution in [-0.4, -0.2) is 18.7 Å². The van der Waals surface area contributed by atoms with Gasteiger partial charge in [-0.2, -0.15) is 5.10 Å². The van der Waals surface area contributed by atoms with E-state index in [4.69, 9.17) is 9.15 Å². The summed E-state index contributed by atoms with van der Waals surface area (Å²) >= 11 is 2.06. The van der Waals surface area contributed by atoms with E-state index in [1.165, 1.54) is 6.21 Å². The molecule has 2 rings (SSSR count). The number of carbonyl (C=O) groups excluding carboxylic acids is 1. The fourth-order valence-electron chi connectivity index (χ4n) is 1.49. The fourth-order valence-corrected chi connectivity index (χ4v) is 1.92. The van der Waals surface area contributed by atoms with Gasteiger partial charge < -0.3 is 9.15 Å². The number of nitrogens with one attached hydrogen (secondary N) is 1. The fraction of sp³-hybridized carbons (Fsp3) is 0.143. The standard InChI is InChI=1S/C14H13IN2O3/c1-2-19-11-5-3-10(4-6-11)14(18)17-16-9-12-7-8-13(15)20-12/h3-9H,2H2,1H3,(H,17,18)/b16-9+. The molecule has 0 saturated carbocycles. The minimum atomic E-state index is -0.287. The van der Waals surface area contributed by atoms with E-state index in [2.05, 4.69) is 33.1 Å². The van der Waals surface area contributed by atoms with Crippen molar-refractivity contribution in [3.63, 3.8) is 0 Å². The molecule has 0 spiro atoms. The van der Waals surface area contributed by atoms with E-state index in [1.54, 1.807) is 30.3 Å². The summed E-state index contributed by atoms with van der Waals surface area (Å²) in [5.41, 5.74) is 2.95. The molecule has 1 aromatic carbocycles. The number of hydrazone groups is 1. The van der Waals surface area contributed by atoms with E-state index in [0.29, 0.717) is 17.9 Å². The van der Waals surface area contributed by atoms with Crippen molar-refractivity contribution in [2.75, 3.05) is 6.61 Å². The highest BCUT2D eigenvalue weighted by atomic mass is 127. The maximum atomic E-state index is 11.8. The Morgan fingerprint density at radius 3 is 2.70 bits per heavy atom. The highest BCUT2D eigenvalue weighted by molar-refractivity contribution is 14.1. The monoisotopic (exact) mass is 384 g/mol. The first-order chi connectivity index (χ1) is 9.69. The van der Waals surface area contributed by atoms with Crippen molar-refractivity contribution in [3.8, 4) is 5.75 Å². The highest BCUT2D eigenvalue weighted by Crippen LogP contribution is 2.12. The molecule has 0 fully saturated rings. The molecular formula is C14H13IN2O3. The van der Waals surface area contributed by atoms with Gasteiger partial charge in [0.1, 0.15) is 11.5 Å². The maximum Gasteiger partial charge on any atom is 0.271 e. The van der Waals surface area contributed by atoms with Crippen LogP contribution < -0.4 is 10.2 Å². The Balaban J connectivity index is 1.92. The quantitative estimate of drug-likeness (QED) is 0.490. The average Bonchev–Trinajstić information content (AvgIpc) is 2.85. The SMILES string of the molecule is CCOc1ccc(C(=O)N/N=C/c2ccc(I)o2)cc1. The zero-order chi connectivity index (χ0) is 14.4. The van der Waals surface area contributed by atoms with Crippen LogP contribution >= 0.6 is 22.6 Å². The molecule has 1 aromatic heterocycles. The second kappa shape index (κ2) is 7.09. The van der Waals surface area contributed by atoms with Gasteiger partial charge in [-0.3, -0.25) is 4.79 Å². The van der Waals surface area contributed by atoms with E-state index in [-0.39, 0.29) is 5.91 Å². The van der Waals surface area contributed by atoms with Crippen molar-refractivity contribution in [2.45, 2.75) is 6.92 Å². The van der Waals surface area contributed by atoms with Crippen LogP contribution in [0.3, 0.4) is 0 Å². The first-order valence-electron chi connectivity index (χ1n) is 6.00. The molecule has 0 radical (unpaired) electrons. The van der Waals surface area contributed by atoms with E-state index in [0.717, 1.165) is 9.52 Å². The van der Waals surface area contributed by atoms with Crippen molar-refractivity contribution in [3.05, 3.63) is 51.5 Å². The van der Waals surface area contributed by atoms with Crippen LogP contribution in [0.1, 0.15) is 23.0 Å². The van der Waals surface area contributed by atoms with Gasteiger partial charge >= 0.3 is 0 Å². The number of amides is 1. The van der Waals surface area contributed by atoms with Crippen LogP contribution in [0.2, 0.25) is 0 Å². The van der Waals surface area contributed by atoms with Crippen molar-refractivity contribution in [1.82, 2.24) is 5.43 Å². The van der Waals surface area contributed by atoms with Gasteiger partial charge in [0.2, 0.25) is 0 Å². The third kappa shape index (κ3) is 4.09. The molecule has 1 N–H and O–H groups in total. The lowest BCUT2D eigenvalue weighted by atomic mass is 10.2. The molecule has 0 aliphatic rings. The maximum absolute atomic E-state index is 11.8. The first-order valence-corrected chi connectivity index (χ1v) is 7.08. The third-order valence-corrected chi connectivity index (χ3v) is 2.96. The van der Waals surface area contributed by atoms with Gasteiger partial charge in [0, 0.05) is 5.56 Å². The Kier molecular flexibility index (Phi) is 5.16. The molecule has 20 heavy (non-hydrogen) atoms. The zero-order valence-electron chi connectivity index (χ0n) is 10.8. The van der Waals surface area contributed by atoms with Crippen molar-refractivity contribution >= 4 is 34.7 Å². The topological polar surface area (TPSA) is 63.8 Å². The Morgan fingerprint density at radius 2 is 2.10 bits per heavy atom. The summed E-state index contributed by atoms with van der Waals surface area (Å²) in [5, 5.41) is 3.84. The molecule has 0 bridgehead atoms. The highest BCUT2D eigenvalue weighted by Gasteiger charge is 2.04. The molecule has 0 atom stereocenters. The number of rotatable bonds is 5. The lowest BCUT2D eigenvalue weighted by Crippen LogP contribution is -2.17. The molecule has 2 aromatic rings. The number of halogens is 1. The lowest BCUT2D eigenvalue weighted by molar-refractivity contribution is 0.0955. The van der Waals surface area contributed by atoms with Gasteiger partial charge in [-0.15, -0.1) is 0 Å². The lowest BCUT2D eigenvalue weighted by Gasteiger charge is -2.03. The van der Waals surface area contributed by atoms with Crippen molar-refractivity contribution in [2.24, 2.45) is 5.10 Å². The van der Waals surface area contributed by atoms with Gasteiger partial charge in [-0.25, -0.2) is 5.43 Å². The van der Waals surface area contributed by atoms with Gasteiger partial charge in [-0.05, 0) is 65.9 Å². The first kappa shape index (κ1) is 14.6. The molecule has 0 aliphatic carbocycles. The van der Waals surface area contributed by atoms with Crippen LogP contribution in [0.5, 0.6) is 5.75 Å². The summed E-state index contributed by atoms with van der Waals surface area (Å²) in [4.78, 5) is 11.8. The number of hydrogen-bond acceptors (Lipinski definition) is 4. The normalized spacial score (nSPS) is 10.7. The number of carbonyl (C=O) groups is 1. The van der Waals surface area contributed by atoms with E-state index < -0.39 is 0 Å². The molecular weight excluding hydrogens is 371 g/mol. The number of furan rings is 1. The van der Waals surface area contributed by atoms with Crippen LogP contribution in [-0.2, 0) is 0 Å². The largest absolute Gasteiger partial charge is 0.494 e. The Morgan fingerprint density at radius 1 is 1.35 bits per heavy atom. The predicted octanol–water partition coefficient (Wildman–Crippen LogP) is 3.05. The summed E-state index contributed by atoms with van der Waals surface area (Å²) in [6.07, 6.45) is 1.45. The van der Waals surface area contributed by atoms with Crippen molar-refractivity contribution in [1.29, 1.82) is 0 Å². The van der Waals surface area contributed by atoms with E-state index >= 15 is 0 Å². The smallest absolute Gasteiger partial charge is 0.271 e. The summed E-state index contributed by atoms with van der Waals surface area (Å²) in [6.45, 7) is 2.50. The zero-order valence-corrected chi connectivity index (χ0v) is 13.0. The minimum absolute atomic E-state index is 0.287. The van der Waals surface area contributed by atoms with E-state index in [1.807, 2.05) is 13.0 Å². The molecule has 1 amide bonds. The number of hydrogen-bond donors (Lipinski definition) is 1. The molecule has 1 heterocycles. The average molecular weight is 384 g/mol. The molecule has 5 nitrogen and oxygen atoms in total. The van der Waals surface area contributed by atoms with Gasteiger partial charge in [0.15, 0.2) is 3.77 Å². The van der Waals surface area contributed by atoms with Gasteiger partial charge in [0.25, 0.3) is 5.91 Å². The molecule has 0 aliphatic heterocycles. The second-order valence-electron chi connectivity index (χ2n) is 3.80. The Bertz CT molecular complexity index is 605. The summed E-state index contributed by atoms with van der Waals surface area (Å²) in [7, 11) is 0. The molecule has 0 unspecified atom stereocenters. The van der Waals surface area contributed by atoms with Crippen molar-refractivity contribution < 1.29 is 13.9 Å². The van der Waals surface area contributed by atoms with E-state index in [9.17, 15) is 4.79 Å². The molecule has 104 valence electrons. The predicted molar refractivity (Wildman–Crippen MR) is 84.1 cm³/mol. The van der Waals surface area contributed by atoms with Crippen LogP contribution in [0.4, 0.5) is 0 Å². The minimum Gasteiger partial charge on any atom is -0.494 e. The van der Waals surface area contributed by atoms with Crippen LogP contribution in [0.15, 0.2) is 45.9 Å². The molecule has 0 saturated heterocycles. The summed E-state index contributed by atoms with van der Waals surface area (Å²) < 4.78 is 11.4. The Labute approximate surface area is 130 Å². The Hall–Kier alpha value is -1.83. The number of benzene rings is 1.